The SMILES string of the molecule is Cc1nc(N)nc(N)c1CCCc1ccc(C(F)(F)C(F)(F)F)cc1. The summed E-state index contributed by atoms with van der Waals surface area (Å²) in [5.74, 6) is -4.50. The lowest BCUT2D eigenvalue weighted by molar-refractivity contribution is -0.289. The monoisotopic (exact) mass is 360 g/mol. The summed E-state index contributed by atoms with van der Waals surface area (Å²) in [6.45, 7) is 1.75. The Morgan fingerprint density at radius 1 is 0.920 bits per heavy atom. The molecular weight excluding hydrogens is 343 g/mol. The van der Waals surface area contributed by atoms with Crippen LogP contribution in [0.25, 0.3) is 0 Å². The van der Waals surface area contributed by atoms with Crippen molar-refractivity contribution < 1.29 is 22.0 Å². The van der Waals surface area contributed by atoms with Crippen LogP contribution in [0.4, 0.5) is 33.7 Å². The summed E-state index contributed by atoms with van der Waals surface area (Å²) in [5, 5.41) is 0. The summed E-state index contributed by atoms with van der Waals surface area (Å²) in [4.78, 5) is 7.89. The minimum absolute atomic E-state index is 0.0833. The van der Waals surface area contributed by atoms with Crippen LogP contribution in [-0.4, -0.2) is 16.1 Å². The van der Waals surface area contributed by atoms with Gasteiger partial charge in [-0.15, -0.1) is 0 Å². The fraction of sp³-hybridized carbons (Fsp3) is 0.375. The van der Waals surface area contributed by atoms with Crippen LogP contribution >= 0.6 is 0 Å². The van der Waals surface area contributed by atoms with Crippen LogP contribution in [0.3, 0.4) is 0 Å². The molecule has 0 saturated heterocycles. The molecule has 0 spiro atoms. The fourth-order valence-corrected chi connectivity index (χ4v) is 2.46. The number of aromatic nitrogens is 2. The first kappa shape index (κ1) is 18.9. The molecule has 0 aliphatic carbocycles. The molecule has 0 bridgehead atoms. The number of halogens is 5. The van der Waals surface area contributed by atoms with Crippen LogP contribution in [0, 0.1) is 6.92 Å². The zero-order chi connectivity index (χ0) is 18.8. The van der Waals surface area contributed by atoms with Crippen molar-refractivity contribution in [2.75, 3.05) is 11.5 Å². The van der Waals surface area contributed by atoms with E-state index in [0.29, 0.717) is 30.5 Å². The van der Waals surface area contributed by atoms with E-state index in [2.05, 4.69) is 9.97 Å². The first-order valence-electron chi connectivity index (χ1n) is 7.45. The Kier molecular flexibility index (Phi) is 5.15. The third-order valence-corrected chi connectivity index (χ3v) is 3.83. The molecule has 1 aromatic heterocycles. The van der Waals surface area contributed by atoms with E-state index >= 15 is 0 Å². The van der Waals surface area contributed by atoms with Crippen LogP contribution < -0.4 is 11.5 Å². The van der Waals surface area contributed by atoms with E-state index in [1.54, 1.807) is 6.92 Å². The van der Waals surface area contributed by atoms with Gasteiger partial charge in [0.1, 0.15) is 5.82 Å². The van der Waals surface area contributed by atoms with Gasteiger partial charge in [0, 0.05) is 16.8 Å². The van der Waals surface area contributed by atoms with Crippen molar-refractivity contribution in [1.82, 2.24) is 9.97 Å². The Morgan fingerprint density at radius 2 is 1.52 bits per heavy atom. The minimum atomic E-state index is -5.61. The van der Waals surface area contributed by atoms with Crippen molar-refractivity contribution in [3.05, 3.63) is 46.6 Å². The van der Waals surface area contributed by atoms with Gasteiger partial charge < -0.3 is 11.5 Å². The molecule has 0 fully saturated rings. The van der Waals surface area contributed by atoms with Gasteiger partial charge in [0.15, 0.2) is 0 Å². The van der Waals surface area contributed by atoms with Gasteiger partial charge in [-0.2, -0.15) is 26.9 Å². The molecule has 136 valence electrons. The molecule has 1 heterocycles. The van der Waals surface area contributed by atoms with E-state index in [1.165, 1.54) is 12.1 Å². The van der Waals surface area contributed by atoms with E-state index in [1.807, 2.05) is 0 Å². The summed E-state index contributed by atoms with van der Waals surface area (Å²) < 4.78 is 63.4. The third-order valence-electron chi connectivity index (χ3n) is 3.83. The summed E-state index contributed by atoms with van der Waals surface area (Å²) in [7, 11) is 0. The number of alkyl halides is 5. The Balaban J connectivity index is 2.01. The Bertz CT molecular complexity index is 718. The van der Waals surface area contributed by atoms with Crippen molar-refractivity contribution >= 4 is 11.8 Å². The first-order valence-corrected chi connectivity index (χ1v) is 7.45. The van der Waals surface area contributed by atoms with E-state index in [4.69, 9.17) is 11.5 Å². The highest BCUT2D eigenvalue weighted by Gasteiger charge is 2.58. The van der Waals surface area contributed by atoms with E-state index in [0.717, 1.165) is 17.7 Å². The lowest BCUT2D eigenvalue weighted by Crippen LogP contribution is -2.33. The van der Waals surface area contributed by atoms with Crippen molar-refractivity contribution in [2.24, 2.45) is 0 Å². The van der Waals surface area contributed by atoms with Crippen molar-refractivity contribution in [3.63, 3.8) is 0 Å². The van der Waals surface area contributed by atoms with Gasteiger partial charge in [-0.25, -0.2) is 4.98 Å². The largest absolute Gasteiger partial charge is 0.458 e. The van der Waals surface area contributed by atoms with Crippen LogP contribution in [0.1, 0.15) is 28.8 Å². The Hall–Kier alpha value is -2.45. The highest BCUT2D eigenvalue weighted by molar-refractivity contribution is 5.45. The maximum Gasteiger partial charge on any atom is 0.458 e. The van der Waals surface area contributed by atoms with E-state index in [9.17, 15) is 22.0 Å². The zero-order valence-electron chi connectivity index (χ0n) is 13.4. The van der Waals surface area contributed by atoms with Crippen LogP contribution in [0.15, 0.2) is 24.3 Å². The van der Waals surface area contributed by atoms with Crippen molar-refractivity contribution in [3.8, 4) is 0 Å². The number of nitrogens with two attached hydrogens (primary N) is 2. The lowest BCUT2D eigenvalue weighted by Gasteiger charge is -2.20. The van der Waals surface area contributed by atoms with Gasteiger partial charge in [0.25, 0.3) is 0 Å². The molecule has 0 aliphatic rings. The molecule has 4 nitrogen and oxygen atoms in total. The van der Waals surface area contributed by atoms with Crippen molar-refractivity contribution in [1.29, 1.82) is 0 Å². The average Bonchev–Trinajstić information content (AvgIpc) is 2.49. The number of benzene rings is 1. The van der Waals surface area contributed by atoms with Gasteiger partial charge >= 0.3 is 12.1 Å². The highest BCUT2D eigenvalue weighted by atomic mass is 19.4. The third kappa shape index (κ3) is 4.15. The molecule has 0 atom stereocenters. The number of hydrogen-bond donors (Lipinski definition) is 2. The van der Waals surface area contributed by atoms with Gasteiger partial charge in [0.05, 0.1) is 0 Å². The van der Waals surface area contributed by atoms with Gasteiger partial charge in [-0.3, -0.25) is 0 Å². The van der Waals surface area contributed by atoms with Gasteiger partial charge in [-0.05, 0) is 31.7 Å². The number of anilines is 2. The second-order valence-corrected chi connectivity index (χ2v) is 5.65. The first-order chi connectivity index (χ1) is 11.5. The molecule has 4 N–H and O–H groups in total. The number of aryl methyl sites for hydroxylation is 2. The minimum Gasteiger partial charge on any atom is -0.383 e. The maximum absolute atomic E-state index is 13.2. The molecule has 2 aromatic rings. The smallest absolute Gasteiger partial charge is 0.383 e. The normalized spacial score (nSPS) is 12.4. The summed E-state index contributed by atoms with van der Waals surface area (Å²) in [6.07, 6.45) is -3.98. The number of nitrogens with zero attached hydrogens (tertiary/aromatic N) is 2. The Morgan fingerprint density at radius 3 is 2.04 bits per heavy atom. The summed E-state index contributed by atoms with van der Waals surface area (Å²) >= 11 is 0. The maximum atomic E-state index is 13.2. The molecule has 0 amide bonds. The van der Waals surface area contributed by atoms with Crippen LogP contribution in [0.5, 0.6) is 0 Å². The average molecular weight is 360 g/mol. The quantitative estimate of drug-likeness (QED) is 0.796. The second kappa shape index (κ2) is 6.81. The predicted molar refractivity (Wildman–Crippen MR) is 84.0 cm³/mol. The van der Waals surface area contributed by atoms with Gasteiger partial charge in [0.2, 0.25) is 5.95 Å². The summed E-state index contributed by atoms with van der Waals surface area (Å²) in [5.41, 5.74) is 12.3. The standard InChI is InChI=1S/C16H17F5N4/c1-9-12(13(22)25-14(23)24-9)4-2-3-10-5-7-11(8-6-10)15(17,18)16(19,20)21/h5-8H,2-4H2,1H3,(H4,22,23,24,25). The molecule has 0 unspecified atom stereocenters. The molecule has 0 saturated carbocycles. The van der Waals surface area contributed by atoms with E-state index < -0.39 is 17.7 Å². The number of hydrogen-bond acceptors (Lipinski definition) is 4. The topological polar surface area (TPSA) is 77.8 Å². The fourth-order valence-electron chi connectivity index (χ4n) is 2.46. The van der Waals surface area contributed by atoms with Crippen molar-refractivity contribution in [2.45, 2.75) is 38.3 Å². The zero-order valence-corrected chi connectivity index (χ0v) is 13.4. The number of rotatable bonds is 5. The van der Waals surface area contributed by atoms with Crippen LogP contribution in [0.2, 0.25) is 0 Å². The van der Waals surface area contributed by atoms with Gasteiger partial charge in [-0.1, -0.05) is 24.3 Å². The summed E-state index contributed by atoms with van der Waals surface area (Å²) in [6, 6.07) is 4.14. The molecule has 25 heavy (non-hydrogen) atoms. The lowest BCUT2D eigenvalue weighted by atomic mass is 10.0. The highest BCUT2D eigenvalue weighted by Crippen LogP contribution is 2.43. The molecule has 0 radical (unpaired) electrons. The molecule has 2 rings (SSSR count). The molecule has 9 heteroatoms. The molecule has 1 aromatic carbocycles. The number of nitrogen functional groups attached to an aromatic ring is 2. The van der Waals surface area contributed by atoms with E-state index in [-0.39, 0.29) is 11.8 Å². The second-order valence-electron chi connectivity index (χ2n) is 5.65. The predicted octanol–water partition coefficient (Wildman–Crippen LogP) is 3.78. The molecular formula is C16H17F5N4. The van der Waals surface area contributed by atoms with Crippen LogP contribution in [-0.2, 0) is 18.8 Å². The molecule has 0 aliphatic heterocycles. The Labute approximate surface area is 141 Å².